The first-order valence-corrected chi connectivity index (χ1v) is 7.02. The molecule has 18 heavy (non-hydrogen) atoms. The van der Waals surface area contributed by atoms with Crippen LogP contribution in [-0.4, -0.2) is 32.6 Å². The number of rotatable bonds is 1. The number of aromatic nitrogens is 2. The van der Waals surface area contributed by atoms with Crippen LogP contribution in [0.3, 0.4) is 0 Å². The number of carbonyl (C=O) groups excluding carboxylic acids is 1. The smallest absolute Gasteiger partial charge is 0.257 e. The maximum absolute atomic E-state index is 13.0. The zero-order valence-corrected chi connectivity index (χ0v) is 11.9. The Morgan fingerprint density at radius 1 is 1.56 bits per heavy atom. The van der Waals surface area contributed by atoms with Crippen molar-refractivity contribution in [3.8, 4) is 0 Å². The number of halogens is 3. The Bertz CT molecular complexity index is 516. The van der Waals surface area contributed by atoms with Gasteiger partial charge in [0.05, 0.1) is 15.5 Å². The molecule has 1 fully saturated rings. The first kappa shape index (κ1) is 12.3. The summed E-state index contributed by atoms with van der Waals surface area (Å²) in [6.45, 7) is 0.595. The monoisotopic (exact) mass is 367 g/mol. The highest BCUT2D eigenvalue weighted by Crippen LogP contribution is 2.55. The molecule has 7 heteroatoms. The minimum Gasteiger partial charge on any atom is -0.299 e. The Balaban J connectivity index is 1.94. The van der Waals surface area contributed by atoms with E-state index in [0.29, 0.717) is 24.5 Å². The number of alkyl halides is 3. The molecule has 0 radical (unpaired) electrons. The average molecular weight is 367 g/mol. The molecule has 0 N–H and O–H groups in total. The van der Waals surface area contributed by atoms with Crippen LogP contribution >= 0.6 is 22.6 Å². The van der Waals surface area contributed by atoms with Crippen molar-refractivity contribution in [2.24, 2.45) is 0 Å². The second kappa shape index (κ2) is 3.88. The maximum atomic E-state index is 13.0. The number of amides is 1. The minimum absolute atomic E-state index is 0.00311. The molecule has 1 saturated carbocycles. The summed E-state index contributed by atoms with van der Waals surface area (Å²) in [7, 11) is 1.67. The summed E-state index contributed by atoms with van der Waals surface area (Å²) in [6, 6.07) is 1.62. The number of hydrogen-bond acceptors (Lipinski definition) is 2. The molecule has 98 valence electrons. The number of hydrogen-bond donors (Lipinski definition) is 0. The van der Waals surface area contributed by atoms with Gasteiger partial charge in [-0.3, -0.25) is 9.69 Å². The Labute approximate surface area is 116 Å². The van der Waals surface area contributed by atoms with Crippen molar-refractivity contribution in [1.29, 1.82) is 0 Å². The largest absolute Gasteiger partial charge is 0.299 e. The molecule has 0 saturated heterocycles. The Kier molecular flexibility index (Phi) is 2.65. The number of fused-ring (bicyclic) bond motifs is 1. The fourth-order valence-electron chi connectivity index (χ4n) is 2.25. The molecule has 2 atom stereocenters. The van der Waals surface area contributed by atoms with Crippen LogP contribution in [0.1, 0.15) is 24.5 Å². The van der Waals surface area contributed by atoms with Gasteiger partial charge in [-0.25, -0.2) is 13.5 Å². The number of nitrogens with zero attached hydrogens (tertiary/aromatic N) is 3. The molecule has 1 amide bonds. The lowest BCUT2D eigenvalue weighted by atomic mass is 10.3. The maximum Gasteiger partial charge on any atom is 0.257 e. The van der Waals surface area contributed by atoms with Crippen LogP contribution in [0.4, 0.5) is 14.6 Å². The van der Waals surface area contributed by atoms with Gasteiger partial charge in [0, 0.05) is 26.1 Å². The molecule has 1 aromatic heterocycles. The van der Waals surface area contributed by atoms with Crippen LogP contribution < -0.4 is 4.90 Å². The van der Waals surface area contributed by atoms with Crippen molar-refractivity contribution < 1.29 is 13.6 Å². The molecule has 2 aliphatic rings. The zero-order chi connectivity index (χ0) is 13.1. The van der Waals surface area contributed by atoms with Crippen LogP contribution in [0.5, 0.6) is 0 Å². The normalized spacial score (nSPS) is 30.0. The fourth-order valence-corrected chi connectivity index (χ4v) is 2.94. The van der Waals surface area contributed by atoms with Gasteiger partial charge in [-0.05, 0) is 6.42 Å². The number of anilines is 1. The molecule has 0 aromatic carbocycles. The Morgan fingerprint density at radius 2 is 2.22 bits per heavy atom. The summed E-state index contributed by atoms with van der Waals surface area (Å²) in [5, 5.41) is 4.23. The van der Waals surface area contributed by atoms with Crippen LogP contribution in [0.2, 0.25) is 0 Å². The molecular weight excluding hydrogens is 355 g/mol. The van der Waals surface area contributed by atoms with E-state index in [1.165, 1.54) is 4.90 Å². The molecule has 0 spiro atoms. The van der Waals surface area contributed by atoms with Crippen molar-refractivity contribution >= 4 is 34.3 Å². The van der Waals surface area contributed by atoms with E-state index in [0.717, 1.165) is 0 Å². The van der Waals surface area contributed by atoms with Crippen LogP contribution in [0, 0.1) is 0 Å². The predicted molar refractivity (Wildman–Crippen MR) is 70.4 cm³/mol. The summed E-state index contributed by atoms with van der Waals surface area (Å²) in [5.74, 6) is -2.76. The second-order valence-electron chi connectivity index (χ2n) is 4.82. The Hall–Kier alpha value is -0.730. The summed E-state index contributed by atoms with van der Waals surface area (Å²) >= 11 is 2.11. The van der Waals surface area contributed by atoms with Crippen LogP contribution in [-0.2, 0) is 11.3 Å². The van der Waals surface area contributed by atoms with Gasteiger partial charge in [0.15, 0.2) is 0 Å². The van der Waals surface area contributed by atoms with E-state index in [1.807, 2.05) is 0 Å². The third kappa shape index (κ3) is 1.83. The lowest BCUT2D eigenvalue weighted by molar-refractivity contribution is -0.117. The predicted octanol–water partition coefficient (Wildman–Crippen LogP) is 2.18. The van der Waals surface area contributed by atoms with Crippen molar-refractivity contribution in [3.63, 3.8) is 0 Å². The highest BCUT2D eigenvalue weighted by molar-refractivity contribution is 14.1. The van der Waals surface area contributed by atoms with Gasteiger partial charge in [-0.1, -0.05) is 22.6 Å². The average Bonchev–Trinajstić information content (AvgIpc) is 2.81. The van der Waals surface area contributed by atoms with Crippen molar-refractivity contribution in [2.45, 2.75) is 35.2 Å². The van der Waals surface area contributed by atoms with Gasteiger partial charge in [0.2, 0.25) is 5.91 Å². The highest BCUT2D eigenvalue weighted by Gasteiger charge is 2.59. The lowest BCUT2D eigenvalue weighted by Crippen LogP contribution is -2.32. The first-order valence-electron chi connectivity index (χ1n) is 5.77. The van der Waals surface area contributed by atoms with Crippen LogP contribution in [0.25, 0.3) is 0 Å². The minimum atomic E-state index is -2.62. The third-order valence-corrected chi connectivity index (χ3v) is 4.65. The SMILES string of the molecule is CN1C(=O)C(I)CCn2nc(C3CC3(F)F)cc21. The second-order valence-corrected chi connectivity index (χ2v) is 6.33. The standard InChI is InChI=1S/C11H12F2IN3O/c1-16-9-4-8(6-5-11(6,12)13)15-17(9)3-2-7(14)10(16)18/h4,6-7H,2-3,5H2,1H3. The molecular formula is C11H12F2IN3O. The third-order valence-electron chi connectivity index (χ3n) is 3.50. The molecule has 3 rings (SSSR count). The van der Waals surface area contributed by atoms with E-state index < -0.39 is 11.8 Å². The molecule has 2 unspecified atom stereocenters. The molecule has 4 nitrogen and oxygen atoms in total. The Morgan fingerprint density at radius 3 is 2.83 bits per heavy atom. The van der Waals surface area contributed by atoms with E-state index in [9.17, 15) is 13.6 Å². The summed E-state index contributed by atoms with van der Waals surface area (Å²) in [6.07, 6.45) is 0.551. The summed E-state index contributed by atoms with van der Waals surface area (Å²) < 4.78 is 27.6. The number of aryl methyl sites for hydroxylation is 1. The van der Waals surface area contributed by atoms with Crippen molar-refractivity contribution in [3.05, 3.63) is 11.8 Å². The molecule has 1 aliphatic carbocycles. The van der Waals surface area contributed by atoms with Gasteiger partial charge in [-0.2, -0.15) is 5.10 Å². The van der Waals surface area contributed by atoms with Gasteiger partial charge >= 0.3 is 0 Å². The first-order chi connectivity index (χ1) is 8.40. The van der Waals surface area contributed by atoms with E-state index in [-0.39, 0.29) is 16.3 Å². The summed E-state index contributed by atoms with van der Waals surface area (Å²) in [4.78, 5) is 13.5. The van der Waals surface area contributed by atoms with Crippen molar-refractivity contribution in [2.75, 3.05) is 11.9 Å². The topological polar surface area (TPSA) is 38.1 Å². The quantitative estimate of drug-likeness (QED) is 0.564. The van der Waals surface area contributed by atoms with Gasteiger partial charge in [-0.15, -0.1) is 0 Å². The van der Waals surface area contributed by atoms with E-state index in [1.54, 1.807) is 17.8 Å². The summed E-state index contributed by atoms with van der Waals surface area (Å²) in [5.41, 5.74) is 0.404. The van der Waals surface area contributed by atoms with Gasteiger partial charge in [0.25, 0.3) is 5.92 Å². The molecule has 2 heterocycles. The lowest BCUT2D eigenvalue weighted by Gasteiger charge is -2.15. The fraction of sp³-hybridized carbons (Fsp3) is 0.636. The van der Waals surface area contributed by atoms with E-state index >= 15 is 0 Å². The van der Waals surface area contributed by atoms with Crippen molar-refractivity contribution in [1.82, 2.24) is 9.78 Å². The van der Waals surface area contributed by atoms with Gasteiger partial charge in [0.1, 0.15) is 5.82 Å². The molecule has 1 aromatic rings. The number of carbonyl (C=O) groups is 1. The zero-order valence-electron chi connectivity index (χ0n) is 9.74. The highest BCUT2D eigenvalue weighted by atomic mass is 127. The van der Waals surface area contributed by atoms with Crippen LogP contribution in [0.15, 0.2) is 6.07 Å². The van der Waals surface area contributed by atoms with E-state index in [4.69, 9.17) is 0 Å². The molecule has 0 bridgehead atoms. The molecule has 1 aliphatic heterocycles. The van der Waals surface area contributed by atoms with Gasteiger partial charge < -0.3 is 0 Å². The van der Waals surface area contributed by atoms with E-state index in [2.05, 4.69) is 27.7 Å².